The van der Waals surface area contributed by atoms with Gasteiger partial charge in [-0.3, -0.25) is 4.68 Å². The SMILES string of the molecule is COc1ccc(C(C)N)c(OCc2cn(C)nn2)c1. The Hall–Kier alpha value is -2.08. The molecule has 0 bridgehead atoms. The highest BCUT2D eigenvalue weighted by Gasteiger charge is 2.10. The molecule has 2 aromatic rings. The van der Waals surface area contributed by atoms with E-state index in [2.05, 4.69) is 10.3 Å². The van der Waals surface area contributed by atoms with Gasteiger partial charge >= 0.3 is 0 Å². The summed E-state index contributed by atoms with van der Waals surface area (Å²) in [5.41, 5.74) is 7.63. The lowest BCUT2D eigenvalue weighted by molar-refractivity contribution is 0.294. The van der Waals surface area contributed by atoms with Gasteiger partial charge in [-0.05, 0) is 13.0 Å². The molecule has 6 heteroatoms. The fourth-order valence-corrected chi connectivity index (χ4v) is 1.76. The molecule has 1 aromatic carbocycles. The second-order valence-corrected chi connectivity index (χ2v) is 4.36. The van der Waals surface area contributed by atoms with E-state index in [1.807, 2.05) is 38.4 Å². The smallest absolute Gasteiger partial charge is 0.134 e. The van der Waals surface area contributed by atoms with Crippen molar-refractivity contribution in [3.8, 4) is 11.5 Å². The summed E-state index contributed by atoms with van der Waals surface area (Å²) in [4.78, 5) is 0. The zero-order chi connectivity index (χ0) is 13.8. The molecule has 0 aliphatic rings. The minimum Gasteiger partial charge on any atom is -0.497 e. The van der Waals surface area contributed by atoms with E-state index in [0.717, 1.165) is 17.0 Å². The third kappa shape index (κ3) is 3.23. The summed E-state index contributed by atoms with van der Waals surface area (Å²) < 4.78 is 12.6. The monoisotopic (exact) mass is 262 g/mol. The molecule has 102 valence electrons. The maximum absolute atomic E-state index is 5.93. The summed E-state index contributed by atoms with van der Waals surface area (Å²) in [6, 6.07) is 5.50. The Morgan fingerprint density at radius 2 is 2.21 bits per heavy atom. The second kappa shape index (κ2) is 5.71. The number of nitrogens with two attached hydrogens (primary N) is 1. The van der Waals surface area contributed by atoms with Gasteiger partial charge in [-0.2, -0.15) is 0 Å². The summed E-state index contributed by atoms with van der Waals surface area (Å²) in [7, 11) is 3.43. The topological polar surface area (TPSA) is 75.2 Å². The number of nitrogens with zero attached hydrogens (tertiary/aromatic N) is 3. The number of hydrogen-bond donors (Lipinski definition) is 1. The normalized spacial score (nSPS) is 12.2. The number of methoxy groups -OCH3 is 1. The van der Waals surface area contributed by atoms with E-state index in [9.17, 15) is 0 Å². The summed E-state index contributed by atoms with van der Waals surface area (Å²) in [6.07, 6.45) is 1.81. The van der Waals surface area contributed by atoms with E-state index in [0.29, 0.717) is 12.4 Å². The molecule has 2 rings (SSSR count). The lowest BCUT2D eigenvalue weighted by Crippen LogP contribution is -2.08. The molecular weight excluding hydrogens is 244 g/mol. The molecule has 1 unspecified atom stereocenters. The third-order valence-corrected chi connectivity index (χ3v) is 2.74. The third-order valence-electron chi connectivity index (χ3n) is 2.74. The molecular formula is C13H18N4O2. The molecule has 0 saturated heterocycles. The van der Waals surface area contributed by atoms with Gasteiger partial charge in [0.25, 0.3) is 0 Å². The van der Waals surface area contributed by atoms with Crippen LogP contribution in [0.15, 0.2) is 24.4 Å². The van der Waals surface area contributed by atoms with Crippen molar-refractivity contribution < 1.29 is 9.47 Å². The Morgan fingerprint density at radius 3 is 2.79 bits per heavy atom. The molecule has 19 heavy (non-hydrogen) atoms. The molecule has 6 nitrogen and oxygen atoms in total. The molecule has 2 N–H and O–H groups in total. The lowest BCUT2D eigenvalue weighted by Gasteiger charge is -2.14. The van der Waals surface area contributed by atoms with Gasteiger partial charge in [0.05, 0.1) is 13.3 Å². The van der Waals surface area contributed by atoms with Gasteiger partial charge in [-0.1, -0.05) is 11.3 Å². The van der Waals surface area contributed by atoms with Crippen molar-refractivity contribution in [1.29, 1.82) is 0 Å². The highest BCUT2D eigenvalue weighted by atomic mass is 16.5. The van der Waals surface area contributed by atoms with Gasteiger partial charge in [0.1, 0.15) is 23.8 Å². The van der Waals surface area contributed by atoms with E-state index in [4.69, 9.17) is 15.2 Å². The van der Waals surface area contributed by atoms with Crippen molar-refractivity contribution in [2.45, 2.75) is 19.6 Å². The van der Waals surface area contributed by atoms with Crippen LogP contribution in [0.2, 0.25) is 0 Å². The van der Waals surface area contributed by atoms with Crippen molar-refractivity contribution in [2.24, 2.45) is 12.8 Å². The fourth-order valence-electron chi connectivity index (χ4n) is 1.76. The van der Waals surface area contributed by atoms with Crippen LogP contribution in [-0.2, 0) is 13.7 Å². The highest BCUT2D eigenvalue weighted by molar-refractivity contribution is 5.42. The van der Waals surface area contributed by atoms with E-state index in [-0.39, 0.29) is 6.04 Å². The van der Waals surface area contributed by atoms with E-state index in [1.54, 1.807) is 11.8 Å². The predicted molar refractivity (Wildman–Crippen MR) is 70.9 cm³/mol. The van der Waals surface area contributed by atoms with Crippen molar-refractivity contribution in [1.82, 2.24) is 15.0 Å². The summed E-state index contributed by atoms with van der Waals surface area (Å²) >= 11 is 0. The first-order valence-corrected chi connectivity index (χ1v) is 6.01. The molecule has 0 aliphatic carbocycles. The Kier molecular flexibility index (Phi) is 4.01. The Bertz CT molecular complexity index is 551. The van der Waals surface area contributed by atoms with Crippen molar-refractivity contribution in [3.63, 3.8) is 0 Å². The van der Waals surface area contributed by atoms with Crippen LogP contribution in [0.25, 0.3) is 0 Å². The van der Waals surface area contributed by atoms with Gasteiger partial charge in [0, 0.05) is 24.7 Å². The van der Waals surface area contributed by atoms with E-state index < -0.39 is 0 Å². The average molecular weight is 262 g/mol. The van der Waals surface area contributed by atoms with Crippen LogP contribution in [-0.4, -0.2) is 22.1 Å². The molecule has 1 atom stereocenters. The van der Waals surface area contributed by atoms with Gasteiger partial charge in [-0.25, -0.2) is 0 Å². The predicted octanol–water partition coefficient (Wildman–Crippen LogP) is 1.42. The highest BCUT2D eigenvalue weighted by Crippen LogP contribution is 2.29. The molecule has 0 saturated carbocycles. The maximum atomic E-state index is 5.93. The van der Waals surface area contributed by atoms with E-state index >= 15 is 0 Å². The number of aryl methyl sites for hydroxylation is 1. The van der Waals surface area contributed by atoms with E-state index in [1.165, 1.54) is 0 Å². The molecule has 0 aliphatic heterocycles. The molecule has 0 fully saturated rings. The van der Waals surface area contributed by atoms with Crippen molar-refractivity contribution in [3.05, 3.63) is 35.7 Å². The molecule has 0 spiro atoms. The summed E-state index contributed by atoms with van der Waals surface area (Å²) in [5.74, 6) is 1.44. The second-order valence-electron chi connectivity index (χ2n) is 4.36. The van der Waals surface area contributed by atoms with Crippen molar-refractivity contribution in [2.75, 3.05) is 7.11 Å². The van der Waals surface area contributed by atoms with Crippen LogP contribution >= 0.6 is 0 Å². The van der Waals surface area contributed by atoms with Gasteiger partial charge < -0.3 is 15.2 Å². The van der Waals surface area contributed by atoms with Gasteiger partial charge in [0.2, 0.25) is 0 Å². The standard InChI is InChI=1S/C13H18N4O2/c1-9(14)12-5-4-11(18-3)6-13(12)19-8-10-7-17(2)16-15-10/h4-7,9H,8,14H2,1-3H3. The van der Waals surface area contributed by atoms with Crippen molar-refractivity contribution >= 4 is 0 Å². The lowest BCUT2D eigenvalue weighted by atomic mass is 10.1. The first kappa shape index (κ1) is 13.4. The van der Waals surface area contributed by atoms with Crippen LogP contribution in [0.3, 0.4) is 0 Å². The quantitative estimate of drug-likeness (QED) is 0.882. The Labute approximate surface area is 112 Å². The number of rotatable bonds is 5. The Balaban J connectivity index is 2.17. The largest absolute Gasteiger partial charge is 0.497 e. The van der Waals surface area contributed by atoms with Crippen LogP contribution in [0.4, 0.5) is 0 Å². The molecule has 1 aromatic heterocycles. The zero-order valence-electron chi connectivity index (χ0n) is 11.3. The molecule has 0 amide bonds. The van der Waals surface area contributed by atoms with Crippen LogP contribution < -0.4 is 15.2 Å². The first-order valence-electron chi connectivity index (χ1n) is 6.01. The minimum atomic E-state index is -0.109. The average Bonchev–Trinajstić information content (AvgIpc) is 2.81. The number of ether oxygens (including phenoxy) is 2. The van der Waals surface area contributed by atoms with Crippen LogP contribution in [0, 0.1) is 0 Å². The van der Waals surface area contributed by atoms with Crippen LogP contribution in [0.1, 0.15) is 24.2 Å². The minimum absolute atomic E-state index is 0.109. The summed E-state index contributed by atoms with van der Waals surface area (Å²) in [5, 5.41) is 7.83. The van der Waals surface area contributed by atoms with Gasteiger partial charge in [0.15, 0.2) is 0 Å². The zero-order valence-corrected chi connectivity index (χ0v) is 11.3. The van der Waals surface area contributed by atoms with Crippen LogP contribution in [0.5, 0.6) is 11.5 Å². The summed E-state index contributed by atoms with van der Waals surface area (Å²) in [6.45, 7) is 2.26. The van der Waals surface area contributed by atoms with Gasteiger partial charge in [-0.15, -0.1) is 5.10 Å². The number of aromatic nitrogens is 3. The Morgan fingerprint density at radius 1 is 1.42 bits per heavy atom. The molecule has 1 heterocycles. The molecule has 0 radical (unpaired) electrons. The maximum Gasteiger partial charge on any atom is 0.134 e. The number of benzene rings is 1. The fraction of sp³-hybridized carbons (Fsp3) is 0.385. The first-order chi connectivity index (χ1) is 9.10. The number of hydrogen-bond acceptors (Lipinski definition) is 5.